The average molecular weight is 190 g/mol. The van der Waals surface area contributed by atoms with Crippen LogP contribution in [0.1, 0.15) is 19.4 Å². The van der Waals surface area contributed by atoms with E-state index in [4.69, 9.17) is 5.11 Å². The van der Waals surface area contributed by atoms with Gasteiger partial charge in [-0.2, -0.15) is 0 Å². The molecule has 14 heavy (non-hydrogen) atoms. The third-order valence-electron chi connectivity index (χ3n) is 3.64. The summed E-state index contributed by atoms with van der Waals surface area (Å²) < 4.78 is 0. The molecule has 0 heterocycles. The molecule has 0 amide bonds. The number of carbonyl (C=O) groups is 1. The number of carboxylic acid groups (broad SMARTS) is 1. The van der Waals surface area contributed by atoms with E-state index in [1.807, 2.05) is 44.2 Å². The SMILES string of the molecule is C[C@H]1[C@@H](C(=O)O)[C@@]1(C)c1ccccc1. The summed E-state index contributed by atoms with van der Waals surface area (Å²) in [7, 11) is 0. The molecule has 2 rings (SSSR count). The Bertz CT molecular complexity index is 358. The van der Waals surface area contributed by atoms with E-state index in [2.05, 4.69) is 0 Å². The molecule has 0 bridgehead atoms. The molecule has 0 unspecified atom stereocenters. The molecule has 2 nitrogen and oxygen atoms in total. The van der Waals surface area contributed by atoms with Gasteiger partial charge in [-0.05, 0) is 11.5 Å². The van der Waals surface area contributed by atoms with Gasteiger partial charge in [-0.1, -0.05) is 44.2 Å². The summed E-state index contributed by atoms with van der Waals surface area (Å²) in [5.74, 6) is -0.656. The first-order valence-electron chi connectivity index (χ1n) is 4.87. The van der Waals surface area contributed by atoms with E-state index in [9.17, 15) is 4.79 Å². The fourth-order valence-electron chi connectivity index (χ4n) is 2.44. The van der Waals surface area contributed by atoms with Gasteiger partial charge in [0.25, 0.3) is 0 Å². The normalized spacial score (nSPS) is 35.3. The van der Waals surface area contributed by atoms with E-state index in [0.29, 0.717) is 0 Å². The Balaban J connectivity index is 2.33. The van der Waals surface area contributed by atoms with Crippen LogP contribution in [0.15, 0.2) is 30.3 Å². The van der Waals surface area contributed by atoms with Crippen LogP contribution in [-0.2, 0) is 10.2 Å². The Hall–Kier alpha value is -1.31. The Morgan fingerprint density at radius 2 is 1.93 bits per heavy atom. The molecule has 0 saturated heterocycles. The van der Waals surface area contributed by atoms with Crippen LogP contribution in [0.25, 0.3) is 0 Å². The van der Waals surface area contributed by atoms with Crippen molar-refractivity contribution in [2.75, 3.05) is 0 Å². The highest BCUT2D eigenvalue weighted by Gasteiger charge is 2.63. The topological polar surface area (TPSA) is 37.3 Å². The van der Waals surface area contributed by atoms with E-state index in [1.54, 1.807) is 0 Å². The number of carboxylic acids is 1. The van der Waals surface area contributed by atoms with Crippen molar-refractivity contribution in [1.29, 1.82) is 0 Å². The largest absolute Gasteiger partial charge is 0.481 e. The molecule has 1 N–H and O–H groups in total. The van der Waals surface area contributed by atoms with Crippen LogP contribution in [0.4, 0.5) is 0 Å². The maximum Gasteiger partial charge on any atom is 0.307 e. The Morgan fingerprint density at radius 3 is 2.36 bits per heavy atom. The van der Waals surface area contributed by atoms with Crippen molar-refractivity contribution in [2.24, 2.45) is 11.8 Å². The van der Waals surface area contributed by atoms with Gasteiger partial charge in [-0.3, -0.25) is 4.79 Å². The van der Waals surface area contributed by atoms with Crippen LogP contribution < -0.4 is 0 Å². The first-order chi connectivity index (χ1) is 6.58. The van der Waals surface area contributed by atoms with Crippen molar-refractivity contribution in [3.05, 3.63) is 35.9 Å². The number of benzene rings is 1. The molecule has 0 aliphatic heterocycles. The van der Waals surface area contributed by atoms with E-state index in [1.165, 1.54) is 0 Å². The number of hydrogen-bond donors (Lipinski definition) is 1. The maximum absolute atomic E-state index is 11.0. The Labute approximate surface area is 83.6 Å². The number of rotatable bonds is 2. The van der Waals surface area contributed by atoms with Gasteiger partial charge in [-0.25, -0.2) is 0 Å². The van der Waals surface area contributed by atoms with Gasteiger partial charge in [0.15, 0.2) is 0 Å². The van der Waals surface area contributed by atoms with Crippen LogP contribution >= 0.6 is 0 Å². The summed E-state index contributed by atoms with van der Waals surface area (Å²) in [6, 6.07) is 9.91. The van der Waals surface area contributed by atoms with Crippen LogP contribution in [0, 0.1) is 11.8 Å². The fraction of sp³-hybridized carbons (Fsp3) is 0.417. The van der Waals surface area contributed by atoms with Crippen molar-refractivity contribution >= 4 is 5.97 Å². The van der Waals surface area contributed by atoms with E-state index in [-0.39, 0.29) is 17.3 Å². The fourth-order valence-corrected chi connectivity index (χ4v) is 2.44. The molecule has 0 radical (unpaired) electrons. The van der Waals surface area contributed by atoms with E-state index in [0.717, 1.165) is 5.56 Å². The zero-order valence-electron chi connectivity index (χ0n) is 8.40. The van der Waals surface area contributed by atoms with Crippen molar-refractivity contribution in [3.63, 3.8) is 0 Å². The Morgan fingerprint density at radius 1 is 1.36 bits per heavy atom. The van der Waals surface area contributed by atoms with Crippen molar-refractivity contribution in [1.82, 2.24) is 0 Å². The van der Waals surface area contributed by atoms with Gasteiger partial charge in [0, 0.05) is 5.41 Å². The van der Waals surface area contributed by atoms with Gasteiger partial charge in [0.2, 0.25) is 0 Å². The third-order valence-corrected chi connectivity index (χ3v) is 3.64. The summed E-state index contributed by atoms with van der Waals surface area (Å²) in [5.41, 5.74) is 0.979. The van der Waals surface area contributed by atoms with Gasteiger partial charge >= 0.3 is 5.97 Å². The van der Waals surface area contributed by atoms with Crippen molar-refractivity contribution < 1.29 is 9.90 Å². The Kier molecular flexibility index (Phi) is 1.88. The van der Waals surface area contributed by atoms with E-state index >= 15 is 0 Å². The molecule has 1 fully saturated rings. The number of aliphatic carboxylic acids is 1. The summed E-state index contributed by atoms with van der Waals surface area (Å²) in [4.78, 5) is 11.0. The lowest BCUT2D eigenvalue weighted by atomic mass is 9.94. The second-order valence-electron chi connectivity index (χ2n) is 4.25. The predicted octanol–water partition coefficient (Wildman–Crippen LogP) is 2.29. The minimum Gasteiger partial charge on any atom is -0.481 e. The lowest BCUT2D eigenvalue weighted by molar-refractivity contribution is -0.139. The molecule has 1 aromatic carbocycles. The second kappa shape index (κ2) is 2.84. The third kappa shape index (κ3) is 1.07. The molecule has 1 aliphatic carbocycles. The van der Waals surface area contributed by atoms with Gasteiger partial charge in [0.05, 0.1) is 5.92 Å². The molecule has 0 spiro atoms. The summed E-state index contributed by atoms with van der Waals surface area (Å²) in [6.07, 6.45) is 0. The maximum atomic E-state index is 11.0. The lowest BCUT2D eigenvalue weighted by Gasteiger charge is -2.10. The minimum atomic E-state index is -0.677. The minimum absolute atomic E-state index is 0.160. The van der Waals surface area contributed by atoms with Gasteiger partial charge in [-0.15, -0.1) is 0 Å². The lowest BCUT2D eigenvalue weighted by Crippen LogP contribution is -2.10. The summed E-state index contributed by atoms with van der Waals surface area (Å²) in [6.45, 7) is 4.04. The van der Waals surface area contributed by atoms with E-state index < -0.39 is 5.97 Å². The monoisotopic (exact) mass is 190 g/mol. The molecule has 74 valence electrons. The molecule has 0 aromatic heterocycles. The molecule has 1 saturated carbocycles. The zero-order chi connectivity index (χ0) is 10.3. The van der Waals surface area contributed by atoms with Crippen molar-refractivity contribution in [3.8, 4) is 0 Å². The van der Waals surface area contributed by atoms with Gasteiger partial charge < -0.3 is 5.11 Å². The highest BCUT2D eigenvalue weighted by molar-refractivity contribution is 5.78. The average Bonchev–Trinajstić information content (AvgIpc) is 2.72. The first kappa shape index (κ1) is 9.25. The molecule has 1 aliphatic rings. The standard InChI is InChI=1S/C12H14O2/c1-8-10(11(13)14)12(8,2)9-6-4-3-5-7-9/h3-8,10H,1-2H3,(H,13,14)/t8-,10-,12+/m0/s1. The molecular weight excluding hydrogens is 176 g/mol. The zero-order valence-corrected chi connectivity index (χ0v) is 8.40. The molecule has 2 heteroatoms. The van der Waals surface area contributed by atoms with Crippen molar-refractivity contribution in [2.45, 2.75) is 19.3 Å². The quantitative estimate of drug-likeness (QED) is 0.776. The second-order valence-corrected chi connectivity index (χ2v) is 4.25. The molecular formula is C12H14O2. The molecule has 3 atom stereocenters. The summed E-state index contributed by atoms with van der Waals surface area (Å²) in [5, 5.41) is 9.02. The first-order valence-corrected chi connectivity index (χ1v) is 4.87. The molecule has 1 aromatic rings. The number of hydrogen-bond acceptors (Lipinski definition) is 1. The summed E-state index contributed by atoms with van der Waals surface area (Å²) >= 11 is 0. The highest BCUT2D eigenvalue weighted by atomic mass is 16.4. The van der Waals surface area contributed by atoms with Gasteiger partial charge in [0.1, 0.15) is 0 Å². The van der Waals surface area contributed by atoms with Crippen LogP contribution in [0.5, 0.6) is 0 Å². The predicted molar refractivity (Wildman–Crippen MR) is 54.1 cm³/mol. The highest BCUT2D eigenvalue weighted by Crippen LogP contribution is 2.59. The smallest absolute Gasteiger partial charge is 0.307 e. The van der Waals surface area contributed by atoms with Crippen LogP contribution in [-0.4, -0.2) is 11.1 Å². The van der Waals surface area contributed by atoms with Crippen LogP contribution in [0.2, 0.25) is 0 Å². The van der Waals surface area contributed by atoms with Crippen LogP contribution in [0.3, 0.4) is 0 Å².